The lowest BCUT2D eigenvalue weighted by Crippen LogP contribution is -2.10. The van der Waals surface area contributed by atoms with Crippen LogP contribution in [0.25, 0.3) is 0 Å². The van der Waals surface area contributed by atoms with Gasteiger partial charge in [-0.15, -0.1) is 0 Å². The van der Waals surface area contributed by atoms with Crippen LogP contribution >= 0.6 is 31.9 Å². The molecule has 0 radical (unpaired) electrons. The standard InChI is InChI=1S/C15H12Br2N2O2/c1-21-11-4-2-10(3-5-11)9-19-13(14(20)6-7-18)8-12(16)15(19)17/h2-5,8H,6,9H2,1H3. The van der Waals surface area contributed by atoms with Crippen molar-refractivity contribution in [3.8, 4) is 11.8 Å². The molecule has 0 saturated carbocycles. The maximum Gasteiger partial charge on any atom is 0.193 e. The molecule has 2 aromatic rings. The number of nitrogens with zero attached hydrogens (tertiary/aromatic N) is 2. The summed E-state index contributed by atoms with van der Waals surface area (Å²) in [6.07, 6.45) is -0.133. The summed E-state index contributed by atoms with van der Waals surface area (Å²) in [5.41, 5.74) is 1.54. The molecular formula is C15H12Br2N2O2. The first-order chi connectivity index (χ1) is 10.1. The Hall–Kier alpha value is -1.58. The zero-order chi connectivity index (χ0) is 15.4. The SMILES string of the molecule is COc1ccc(Cn2c(C(=O)CC#N)cc(Br)c2Br)cc1. The van der Waals surface area contributed by atoms with Crippen LogP contribution in [-0.4, -0.2) is 17.5 Å². The van der Waals surface area contributed by atoms with Gasteiger partial charge in [0.05, 0.1) is 27.9 Å². The quantitative estimate of drug-likeness (QED) is 0.694. The van der Waals surface area contributed by atoms with Crippen LogP contribution in [0.1, 0.15) is 22.5 Å². The Morgan fingerprint density at radius 2 is 2.00 bits per heavy atom. The van der Waals surface area contributed by atoms with Gasteiger partial charge in [0.15, 0.2) is 5.78 Å². The molecule has 0 aliphatic carbocycles. The minimum absolute atomic E-state index is 0.133. The van der Waals surface area contributed by atoms with Crippen molar-refractivity contribution < 1.29 is 9.53 Å². The van der Waals surface area contributed by atoms with Crippen LogP contribution in [0.2, 0.25) is 0 Å². The number of carbonyl (C=O) groups is 1. The molecule has 0 aliphatic heterocycles. The molecule has 0 bridgehead atoms. The largest absolute Gasteiger partial charge is 0.497 e. The van der Waals surface area contributed by atoms with E-state index in [1.807, 2.05) is 34.9 Å². The number of ketones is 1. The van der Waals surface area contributed by atoms with Gasteiger partial charge in [-0.3, -0.25) is 4.79 Å². The Bertz CT molecular complexity index is 700. The number of carbonyl (C=O) groups excluding carboxylic acids is 1. The topological polar surface area (TPSA) is 55.0 Å². The molecule has 6 heteroatoms. The highest BCUT2D eigenvalue weighted by atomic mass is 79.9. The van der Waals surface area contributed by atoms with Gasteiger partial charge in [0, 0.05) is 6.54 Å². The van der Waals surface area contributed by atoms with Crippen LogP contribution < -0.4 is 4.74 Å². The van der Waals surface area contributed by atoms with E-state index in [9.17, 15) is 4.79 Å². The zero-order valence-corrected chi connectivity index (χ0v) is 14.4. The summed E-state index contributed by atoms with van der Waals surface area (Å²) in [6, 6.07) is 11.3. The van der Waals surface area contributed by atoms with Gasteiger partial charge in [0.1, 0.15) is 12.2 Å². The van der Waals surface area contributed by atoms with Crippen molar-refractivity contribution in [1.29, 1.82) is 5.26 Å². The summed E-state index contributed by atoms with van der Waals surface area (Å²) in [4.78, 5) is 12.0. The molecule has 0 aliphatic rings. The van der Waals surface area contributed by atoms with E-state index >= 15 is 0 Å². The van der Waals surface area contributed by atoms with E-state index in [-0.39, 0.29) is 12.2 Å². The van der Waals surface area contributed by atoms with E-state index < -0.39 is 0 Å². The van der Waals surface area contributed by atoms with Gasteiger partial charge < -0.3 is 9.30 Å². The van der Waals surface area contributed by atoms with E-state index in [1.165, 1.54) is 0 Å². The molecule has 1 aromatic heterocycles. The van der Waals surface area contributed by atoms with Crippen LogP contribution in [0.3, 0.4) is 0 Å². The highest BCUT2D eigenvalue weighted by Gasteiger charge is 2.17. The number of benzene rings is 1. The first kappa shape index (κ1) is 15.8. The number of Topliss-reactive ketones (excluding diaryl/α,β-unsaturated/α-hetero) is 1. The second-order valence-corrected chi connectivity index (χ2v) is 5.97. The van der Waals surface area contributed by atoms with Crippen LogP contribution in [0.15, 0.2) is 39.4 Å². The van der Waals surface area contributed by atoms with Gasteiger partial charge in [-0.25, -0.2) is 0 Å². The van der Waals surface area contributed by atoms with E-state index in [1.54, 1.807) is 13.2 Å². The summed E-state index contributed by atoms with van der Waals surface area (Å²) in [5.74, 6) is 0.588. The van der Waals surface area contributed by atoms with Crippen LogP contribution in [0.4, 0.5) is 0 Å². The molecule has 0 spiro atoms. The number of halogens is 2. The first-order valence-electron chi connectivity index (χ1n) is 6.14. The molecule has 0 fully saturated rings. The number of nitriles is 1. The van der Waals surface area contributed by atoms with Gasteiger partial charge in [0.2, 0.25) is 0 Å². The molecule has 0 N–H and O–H groups in total. The molecule has 108 valence electrons. The smallest absolute Gasteiger partial charge is 0.193 e. The Kier molecular flexibility index (Phi) is 5.21. The number of aromatic nitrogens is 1. The number of hydrogen-bond donors (Lipinski definition) is 0. The van der Waals surface area contributed by atoms with Crippen molar-refractivity contribution in [2.24, 2.45) is 0 Å². The predicted octanol–water partition coefficient (Wildman–Crippen LogP) is 4.17. The summed E-state index contributed by atoms with van der Waals surface area (Å²) in [7, 11) is 1.62. The van der Waals surface area contributed by atoms with Crippen molar-refractivity contribution in [1.82, 2.24) is 4.57 Å². The molecule has 2 rings (SSSR count). The maximum absolute atomic E-state index is 12.0. The lowest BCUT2D eigenvalue weighted by Gasteiger charge is -2.10. The van der Waals surface area contributed by atoms with Crippen molar-refractivity contribution in [3.63, 3.8) is 0 Å². The molecule has 1 heterocycles. The fourth-order valence-corrected chi connectivity index (χ4v) is 2.82. The normalized spacial score (nSPS) is 10.2. The number of hydrogen-bond acceptors (Lipinski definition) is 3. The third-order valence-electron chi connectivity index (χ3n) is 3.01. The number of methoxy groups -OCH3 is 1. The fraction of sp³-hybridized carbons (Fsp3) is 0.200. The summed E-state index contributed by atoms with van der Waals surface area (Å²) in [6.45, 7) is 0.530. The number of rotatable bonds is 5. The highest BCUT2D eigenvalue weighted by Crippen LogP contribution is 2.29. The fourth-order valence-electron chi connectivity index (χ4n) is 1.95. The highest BCUT2D eigenvalue weighted by molar-refractivity contribution is 9.13. The lowest BCUT2D eigenvalue weighted by molar-refractivity contribution is 0.0989. The molecule has 0 unspecified atom stereocenters. The van der Waals surface area contributed by atoms with Gasteiger partial charge in [-0.2, -0.15) is 5.26 Å². The van der Waals surface area contributed by atoms with Crippen LogP contribution in [0, 0.1) is 11.3 Å². The predicted molar refractivity (Wildman–Crippen MR) is 86.5 cm³/mol. The summed E-state index contributed by atoms with van der Waals surface area (Å²) >= 11 is 6.86. The molecular weight excluding hydrogens is 400 g/mol. The molecule has 0 atom stereocenters. The second-order valence-electron chi connectivity index (χ2n) is 4.36. The first-order valence-corrected chi connectivity index (χ1v) is 7.73. The molecule has 1 aromatic carbocycles. The maximum atomic E-state index is 12.0. The monoisotopic (exact) mass is 410 g/mol. The Balaban J connectivity index is 2.34. The Morgan fingerprint density at radius 3 is 2.57 bits per heavy atom. The molecule has 4 nitrogen and oxygen atoms in total. The van der Waals surface area contributed by atoms with Crippen molar-refractivity contribution in [2.75, 3.05) is 7.11 Å². The van der Waals surface area contributed by atoms with Crippen LogP contribution in [-0.2, 0) is 6.54 Å². The Morgan fingerprint density at radius 1 is 1.33 bits per heavy atom. The zero-order valence-electron chi connectivity index (χ0n) is 11.3. The minimum atomic E-state index is -0.197. The van der Waals surface area contributed by atoms with Crippen molar-refractivity contribution >= 4 is 37.6 Å². The van der Waals surface area contributed by atoms with Crippen molar-refractivity contribution in [2.45, 2.75) is 13.0 Å². The average molecular weight is 412 g/mol. The minimum Gasteiger partial charge on any atom is -0.497 e. The van der Waals surface area contributed by atoms with E-state index in [0.717, 1.165) is 20.4 Å². The molecule has 0 saturated heterocycles. The van der Waals surface area contributed by atoms with E-state index in [2.05, 4.69) is 31.9 Å². The van der Waals surface area contributed by atoms with Gasteiger partial charge in [-0.1, -0.05) is 12.1 Å². The third-order valence-corrected chi connectivity index (χ3v) is 5.01. The van der Waals surface area contributed by atoms with E-state index in [4.69, 9.17) is 10.00 Å². The molecule has 0 amide bonds. The third kappa shape index (κ3) is 3.55. The summed E-state index contributed by atoms with van der Waals surface area (Å²) in [5, 5.41) is 8.69. The second kappa shape index (κ2) is 6.92. The lowest BCUT2D eigenvalue weighted by atomic mass is 10.2. The van der Waals surface area contributed by atoms with E-state index in [0.29, 0.717) is 12.2 Å². The Labute approximate surface area is 139 Å². The van der Waals surface area contributed by atoms with Crippen molar-refractivity contribution in [3.05, 3.63) is 50.7 Å². The molecule has 21 heavy (non-hydrogen) atoms. The van der Waals surface area contributed by atoms with Crippen LogP contribution in [0.5, 0.6) is 5.75 Å². The average Bonchev–Trinajstić information content (AvgIpc) is 2.77. The number of ether oxygens (including phenoxy) is 1. The van der Waals surface area contributed by atoms with Gasteiger partial charge >= 0.3 is 0 Å². The van der Waals surface area contributed by atoms with Gasteiger partial charge in [0.25, 0.3) is 0 Å². The van der Waals surface area contributed by atoms with Gasteiger partial charge in [-0.05, 0) is 55.6 Å². The summed E-state index contributed by atoms with van der Waals surface area (Å²) < 4.78 is 8.53.